The lowest BCUT2D eigenvalue weighted by Crippen LogP contribution is -2.39. The minimum atomic E-state index is -0.267. The van der Waals surface area contributed by atoms with Gasteiger partial charge in [0.25, 0.3) is 0 Å². The Morgan fingerprint density at radius 3 is 3.00 bits per heavy atom. The third-order valence-electron chi connectivity index (χ3n) is 3.32. The molecule has 0 saturated carbocycles. The van der Waals surface area contributed by atoms with Gasteiger partial charge in [-0.15, -0.1) is 0 Å². The highest BCUT2D eigenvalue weighted by Gasteiger charge is 2.23. The van der Waals surface area contributed by atoms with E-state index in [1.807, 2.05) is 6.92 Å². The molecule has 0 aliphatic carbocycles. The van der Waals surface area contributed by atoms with Gasteiger partial charge in [0.15, 0.2) is 0 Å². The van der Waals surface area contributed by atoms with E-state index >= 15 is 0 Å². The molecule has 1 saturated heterocycles. The Morgan fingerprint density at radius 2 is 2.33 bits per heavy atom. The van der Waals surface area contributed by atoms with Crippen molar-refractivity contribution in [2.75, 3.05) is 13.1 Å². The van der Waals surface area contributed by atoms with Crippen molar-refractivity contribution in [2.45, 2.75) is 19.9 Å². The number of halogens is 2. The van der Waals surface area contributed by atoms with Gasteiger partial charge in [-0.2, -0.15) is 0 Å². The van der Waals surface area contributed by atoms with Crippen molar-refractivity contribution >= 4 is 17.3 Å². The van der Waals surface area contributed by atoms with E-state index in [0.29, 0.717) is 11.6 Å². The maximum absolute atomic E-state index is 13.2. The highest BCUT2D eigenvalue weighted by molar-refractivity contribution is 6.31. The van der Waals surface area contributed by atoms with Gasteiger partial charge in [-0.3, -0.25) is 4.90 Å². The number of rotatable bonds is 2. The lowest BCUT2D eigenvalue weighted by molar-refractivity contribution is 0.228. The SMILES string of the molecule is CC1CN(Cc2cc(F)ccc2Cl)CC/C1=N\O. The molecule has 1 fully saturated rings. The zero-order valence-electron chi connectivity index (χ0n) is 10.2. The summed E-state index contributed by atoms with van der Waals surface area (Å²) in [4.78, 5) is 2.19. The third-order valence-corrected chi connectivity index (χ3v) is 3.68. The van der Waals surface area contributed by atoms with Gasteiger partial charge in [-0.1, -0.05) is 23.7 Å². The number of benzene rings is 1. The molecule has 0 bridgehead atoms. The maximum atomic E-state index is 13.2. The van der Waals surface area contributed by atoms with Crippen LogP contribution in [0.1, 0.15) is 18.9 Å². The van der Waals surface area contributed by atoms with E-state index in [2.05, 4.69) is 10.1 Å². The molecule has 2 rings (SSSR count). The van der Waals surface area contributed by atoms with Crippen molar-refractivity contribution in [3.05, 3.63) is 34.6 Å². The summed E-state index contributed by atoms with van der Waals surface area (Å²) in [5.74, 6) is -0.0480. The first-order valence-electron chi connectivity index (χ1n) is 5.97. The predicted octanol–water partition coefficient (Wildman–Crippen LogP) is 3.15. The van der Waals surface area contributed by atoms with Gasteiger partial charge in [-0.05, 0) is 23.8 Å². The van der Waals surface area contributed by atoms with E-state index in [9.17, 15) is 4.39 Å². The van der Waals surface area contributed by atoms with Gasteiger partial charge >= 0.3 is 0 Å². The lowest BCUT2D eigenvalue weighted by atomic mass is 9.97. The highest BCUT2D eigenvalue weighted by Crippen LogP contribution is 2.22. The fraction of sp³-hybridized carbons (Fsp3) is 0.462. The molecule has 18 heavy (non-hydrogen) atoms. The summed E-state index contributed by atoms with van der Waals surface area (Å²) >= 11 is 6.05. The van der Waals surface area contributed by atoms with Crippen molar-refractivity contribution in [2.24, 2.45) is 11.1 Å². The van der Waals surface area contributed by atoms with Gasteiger partial charge in [0.1, 0.15) is 5.82 Å². The van der Waals surface area contributed by atoms with Crippen molar-refractivity contribution in [1.82, 2.24) is 4.90 Å². The molecule has 1 atom stereocenters. The smallest absolute Gasteiger partial charge is 0.123 e. The van der Waals surface area contributed by atoms with Crippen LogP contribution in [0.3, 0.4) is 0 Å². The van der Waals surface area contributed by atoms with Gasteiger partial charge in [0.2, 0.25) is 0 Å². The van der Waals surface area contributed by atoms with Crippen molar-refractivity contribution in [3.63, 3.8) is 0 Å². The summed E-state index contributed by atoms with van der Waals surface area (Å²) in [5.41, 5.74) is 1.63. The second kappa shape index (κ2) is 5.67. The maximum Gasteiger partial charge on any atom is 0.123 e. The van der Waals surface area contributed by atoms with E-state index in [0.717, 1.165) is 30.8 Å². The Hall–Kier alpha value is -1.13. The highest BCUT2D eigenvalue weighted by atomic mass is 35.5. The average molecular weight is 271 g/mol. The molecule has 1 N–H and O–H groups in total. The molecule has 1 aliphatic heterocycles. The number of nitrogens with zero attached hydrogens (tertiary/aromatic N) is 2. The first-order valence-corrected chi connectivity index (χ1v) is 6.35. The number of hydrogen-bond acceptors (Lipinski definition) is 3. The first-order chi connectivity index (χ1) is 8.60. The average Bonchev–Trinajstić information content (AvgIpc) is 2.34. The molecular weight excluding hydrogens is 255 g/mol. The van der Waals surface area contributed by atoms with Crippen LogP contribution in [0.2, 0.25) is 5.02 Å². The largest absolute Gasteiger partial charge is 0.411 e. The van der Waals surface area contributed by atoms with E-state index in [1.54, 1.807) is 6.07 Å². The van der Waals surface area contributed by atoms with E-state index in [1.165, 1.54) is 12.1 Å². The van der Waals surface area contributed by atoms with E-state index in [-0.39, 0.29) is 11.7 Å². The second-order valence-corrected chi connectivity index (χ2v) is 5.12. The fourth-order valence-electron chi connectivity index (χ4n) is 2.30. The Labute approximate surface area is 111 Å². The minimum Gasteiger partial charge on any atom is -0.411 e. The molecule has 1 aromatic rings. The van der Waals surface area contributed by atoms with Crippen LogP contribution in [0.5, 0.6) is 0 Å². The molecule has 1 aliphatic rings. The Kier molecular flexibility index (Phi) is 4.19. The van der Waals surface area contributed by atoms with Crippen LogP contribution < -0.4 is 0 Å². The van der Waals surface area contributed by atoms with Crippen LogP contribution in [0.15, 0.2) is 23.4 Å². The minimum absolute atomic E-state index is 0.219. The number of oxime groups is 1. The van der Waals surface area contributed by atoms with Crippen LogP contribution in [-0.2, 0) is 6.54 Å². The monoisotopic (exact) mass is 270 g/mol. The third kappa shape index (κ3) is 3.00. The standard InChI is InChI=1S/C13H16ClFN2O/c1-9-7-17(5-4-13(9)16-18)8-10-6-11(15)2-3-12(10)14/h2-3,6,9,18H,4-5,7-8H2,1H3/b16-13+. The van der Waals surface area contributed by atoms with Gasteiger partial charge in [0.05, 0.1) is 5.71 Å². The zero-order chi connectivity index (χ0) is 13.1. The molecule has 1 heterocycles. The molecule has 5 heteroatoms. The summed E-state index contributed by atoms with van der Waals surface area (Å²) in [6, 6.07) is 4.42. The van der Waals surface area contributed by atoms with Crippen molar-refractivity contribution in [3.8, 4) is 0 Å². The molecular formula is C13H16ClFN2O. The van der Waals surface area contributed by atoms with Gasteiger partial charge < -0.3 is 5.21 Å². The van der Waals surface area contributed by atoms with Crippen LogP contribution in [0, 0.1) is 11.7 Å². The van der Waals surface area contributed by atoms with Crippen LogP contribution in [0.4, 0.5) is 4.39 Å². The van der Waals surface area contributed by atoms with Gasteiger partial charge in [-0.25, -0.2) is 4.39 Å². The summed E-state index contributed by atoms with van der Waals surface area (Å²) in [7, 11) is 0. The molecule has 0 radical (unpaired) electrons. The molecule has 0 spiro atoms. The quantitative estimate of drug-likeness (QED) is 0.662. The normalized spacial score (nSPS) is 23.5. The number of likely N-dealkylation sites (tertiary alicyclic amines) is 1. The number of piperidine rings is 1. The van der Waals surface area contributed by atoms with Crippen molar-refractivity contribution < 1.29 is 9.60 Å². The summed E-state index contributed by atoms with van der Waals surface area (Å²) in [6.07, 6.45) is 0.741. The Bertz CT molecular complexity index is 464. The molecule has 1 aromatic carbocycles. The fourth-order valence-corrected chi connectivity index (χ4v) is 2.48. The van der Waals surface area contributed by atoms with Gasteiger partial charge in [0, 0.05) is 37.0 Å². The second-order valence-electron chi connectivity index (χ2n) is 4.71. The van der Waals surface area contributed by atoms with E-state index < -0.39 is 0 Å². The lowest BCUT2D eigenvalue weighted by Gasteiger charge is -2.31. The molecule has 0 aromatic heterocycles. The topological polar surface area (TPSA) is 35.8 Å². The summed E-state index contributed by atoms with van der Waals surface area (Å²) < 4.78 is 13.2. The first kappa shape index (κ1) is 13.3. The van der Waals surface area contributed by atoms with Crippen LogP contribution in [0.25, 0.3) is 0 Å². The molecule has 3 nitrogen and oxygen atoms in total. The molecule has 0 amide bonds. The van der Waals surface area contributed by atoms with Crippen molar-refractivity contribution in [1.29, 1.82) is 0 Å². The summed E-state index contributed by atoms with van der Waals surface area (Å²) in [5, 5.41) is 12.7. The predicted molar refractivity (Wildman–Crippen MR) is 69.7 cm³/mol. The van der Waals surface area contributed by atoms with Crippen LogP contribution >= 0.6 is 11.6 Å². The van der Waals surface area contributed by atoms with E-state index in [4.69, 9.17) is 16.8 Å². The number of hydrogen-bond donors (Lipinski definition) is 1. The molecule has 1 unspecified atom stereocenters. The summed E-state index contributed by atoms with van der Waals surface area (Å²) in [6.45, 7) is 4.25. The molecule has 98 valence electrons. The van der Waals surface area contributed by atoms with Crippen LogP contribution in [-0.4, -0.2) is 28.9 Å². The zero-order valence-corrected chi connectivity index (χ0v) is 11.0. The Morgan fingerprint density at radius 1 is 1.56 bits per heavy atom. The Balaban J connectivity index is 2.04.